The molecule has 0 radical (unpaired) electrons. The Balaban J connectivity index is 2.43. The fraction of sp³-hybridized carbons (Fsp3) is 0.583. The van der Waals surface area contributed by atoms with Crippen LogP contribution in [0, 0.1) is 0 Å². The lowest BCUT2D eigenvalue weighted by molar-refractivity contribution is 0.00232. The van der Waals surface area contributed by atoms with Crippen LogP contribution in [0.3, 0.4) is 0 Å². The van der Waals surface area contributed by atoms with Gasteiger partial charge in [-0.15, -0.1) is 0 Å². The highest BCUT2D eigenvalue weighted by atomic mass is 35.5. The lowest BCUT2D eigenvalue weighted by Crippen LogP contribution is -2.38. The molecule has 1 rings (SSSR count). The van der Waals surface area contributed by atoms with E-state index in [1.54, 1.807) is 20.8 Å². The molecule has 3 N–H and O–H groups in total. The van der Waals surface area contributed by atoms with Crippen LogP contribution in [0.15, 0.2) is 16.5 Å². The van der Waals surface area contributed by atoms with Crippen molar-refractivity contribution in [1.29, 1.82) is 0 Å². The molecule has 0 bridgehead atoms. The van der Waals surface area contributed by atoms with Gasteiger partial charge in [0.1, 0.15) is 23.6 Å². The Labute approximate surface area is 116 Å². The second-order valence-corrected chi connectivity index (χ2v) is 5.41. The van der Waals surface area contributed by atoms with Crippen molar-refractivity contribution in [3.8, 4) is 0 Å². The Morgan fingerprint density at radius 2 is 2.11 bits per heavy atom. The fourth-order valence-electron chi connectivity index (χ4n) is 1.29. The molecular weight excluding hydrogens is 274 g/mol. The quantitative estimate of drug-likeness (QED) is 0.787. The van der Waals surface area contributed by atoms with Crippen LogP contribution in [-0.2, 0) is 4.74 Å². The summed E-state index contributed by atoms with van der Waals surface area (Å²) in [5.41, 5.74) is -0.623. The number of carbonyl (C=O) groups excluding carboxylic acids is 1. The summed E-state index contributed by atoms with van der Waals surface area (Å²) >= 11 is 5.56. The maximum Gasteiger partial charge on any atom is 0.407 e. The number of halogens is 1. The van der Waals surface area contributed by atoms with E-state index in [0.29, 0.717) is 0 Å². The number of ether oxygens (including phenoxy) is 1. The van der Waals surface area contributed by atoms with Crippen LogP contribution in [-0.4, -0.2) is 34.6 Å². The van der Waals surface area contributed by atoms with Crippen molar-refractivity contribution in [1.82, 2.24) is 5.32 Å². The number of hydrogen-bond donors (Lipinski definition) is 3. The maximum absolute atomic E-state index is 11.4. The van der Waals surface area contributed by atoms with Crippen molar-refractivity contribution < 1.29 is 24.2 Å². The van der Waals surface area contributed by atoms with Crippen molar-refractivity contribution in [2.24, 2.45) is 0 Å². The molecule has 1 amide bonds. The first-order valence-corrected chi connectivity index (χ1v) is 6.15. The van der Waals surface area contributed by atoms with Gasteiger partial charge in [0.15, 0.2) is 5.22 Å². The van der Waals surface area contributed by atoms with Gasteiger partial charge in [0.05, 0.1) is 0 Å². The molecule has 0 saturated heterocycles. The standard InChI is InChI=1S/C12H18ClNO5/c1-12(2,3)19-11(17)14-6-7(15)10(16)8-4-5-9(13)18-8/h4-5,7,10,15-16H,6H2,1-3H3,(H,14,17). The van der Waals surface area contributed by atoms with Crippen molar-refractivity contribution in [3.63, 3.8) is 0 Å². The summed E-state index contributed by atoms with van der Waals surface area (Å²) in [4.78, 5) is 11.4. The number of amides is 1. The zero-order valence-corrected chi connectivity index (χ0v) is 11.8. The molecule has 0 spiro atoms. The van der Waals surface area contributed by atoms with Gasteiger partial charge in [0.2, 0.25) is 0 Å². The van der Waals surface area contributed by atoms with Gasteiger partial charge in [-0.3, -0.25) is 0 Å². The highest BCUT2D eigenvalue weighted by Crippen LogP contribution is 2.22. The van der Waals surface area contributed by atoms with E-state index >= 15 is 0 Å². The maximum atomic E-state index is 11.4. The predicted octanol–water partition coefficient (Wildman–Crippen LogP) is 1.85. The minimum atomic E-state index is -1.28. The summed E-state index contributed by atoms with van der Waals surface area (Å²) in [6.07, 6.45) is -3.17. The van der Waals surface area contributed by atoms with Crippen molar-refractivity contribution in [3.05, 3.63) is 23.1 Å². The predicted molar refractivity (Wildman–Crippen MR) is 68.9 cm³/mol. The van der Waals surface area contributed by atoms with E-state index in [0.717, 1.165) is 0 Å². The summed E-state index contributed by atoms with van der Waals surface area (Å²) < 4.78 is 9.96. The van der Waals surface area contributed by atoms with Crippen LogP contribution >= 0.6 is 11.6 Å². The molecule has 0 aliphatic rings. The highest BCUT2D eigenvalue weighted by Gasteiger charge is 2.23. The molecule has 108 valence electrons. The van der Waals surface area contributed by atoms with E-state index in [2.05, 4.69) is 5.32 Å². The normalized spacial score (nSPS) is 14.8. The molecule has 1 aromatic heterocycles. The van der Waals surface area contributed by atoms with Crippen molar-refractivity contribution in [2.75, 3.05) is 6.54 Å². The van der Waals surface area contributed by atoms with Crippen LogP contribution in [0.5, 0.6) is 0 Å². The van der Waals surface area contributed by atoms with Gasteiger partial charge in [-0.1, -0.05) is 0 Å². The molecule has 19 heavy (non-hydrogen) atoms. The van der Waals surface area contributed by atoms with Crippen LogP contribution < -0.4 is 5.32 Å². The van der Waals surface area contributed by atoms with Crippen LogP contribution in [0.2, 0.25) is 5.22 Å². The van der Waals surface area contributed by atoms with Gasteiger partial charge >= 0.3 is 6.09 Å². The Morgan fingerprint density at radius 1 is 1.47 bits per heavy atom. The zero-order valence-electron chi connectivity index (χ0n) is 11.0. The van der Waals surface area contributed by atoms with E-state index in [1.807, 2.05) is 0 Å². The van der Waals surface area contributed by atoms with Crippen LogP contribution in [0.25, 0.3) is 0 Å². The summed E-state index contributed by atoms with van der Waals surface area (Å²) in [6, 6.07) is 2.90. The van der Waals surface area contributed by atoms with E-state index in [4.69, 9.17) is 20.8 Å². The summed E-state index contributed by atoms with van der Waals surface area (Å²) in [5, 5.41) is 21.9. The Kier molecular flexibility index (Phi) is 5.22. The molecule has 0 aromatic carbocycles. The van der Waals surface area contributed by atoms with Crippen molar-refractivity contribution >= 4 is 17.7 Å². The van der Waals surface area contributed by atoms with Crippen LogP contribution in [0.1, 0.15) is 32.6 Å². The van der Waals surface area contributed by atoms with Gasteiger partial charge in [-0.25, -0.2) is 4.79 Å². The molecule has 0 fully saturated rings. The molecule has 0 saturated carbocycles. The first kappa shape index (κ1) is 15.8. The molecule has 0 aliphatic heterocycles. The van der Waals surface area contributed by atoms with E-state index in [1.165, 1.54) is 12.1 Å². The number of aliphatic hydroxyl groups is 2. The van der Waals surface area contributed by atoms with Gasteiger partial charge in [0.25, 0.3) is 0 Å². The number of furan rings is 1. The molecule has 7 heteroatoms. The number of carbonyl (C=O) groups is 1. The highest BCUT2D eigenvalue weighted by molar-refractivity contribution is 6.28. The second kappa shape index (κ2) is 6.27. The number of rotatable bonds is 4. The lowest BCUT2D eigenvalue weighted by atomic mass is 10.1. The topological polar surface area (TPSA) is 91.9 Å². The van der Waals surface area contributed by atoms with Gasteiger partial charge in [-0.2, -0.15) is 0 Å². The van der Waals surface area contributed by atoms with E-state index in [-0.39, 0.29) is 17.5 Å². The van der Waals surface area contributed by atoms with Gasteiger partial charge < -0.3 is 24.7 Å². The number of hydrogen-bond acceptors (Lipinski definition) is 5. The Hall–Kier alpha value is -1.24. The Bertz CT molecular complexity index is 426. The average Bonchev–Trinajstić information content (AvgIpc) is 2.69. The second-order valence-electron chi connectivity index (χ2n) is 5.04. The lowest BCUT2D eigenvalue weighted by Gasteiger charge is -2.21. The van der Waals surface area contributed by atoms with Gasteiger partial charge in [-0.05, 0) is 44.5 Å². The molecule has 2 atom stereocenters. The first-order valence-electron chi connectivity index (χ1n) is 5.77. The van der Waals surface area contributed by atoms with E-state index < -0.39 is 23.9 Å². The third-order valence-electron chi connectivity index (χ3n) is 2.10. The Morgan fingerprint density at radius 3 is 2.58 bits per heavy atom. The zero-order chi connectivity index (χ0) is 14.6. The molecule has 2 unspecified atom stereocenters. The summed E-state index contributed by atoms with van der Waals surface area (Å²) in [6.45, 7) is 5.00. The monoisotopic (exact) mass is 291 g/mol. The molecular formula is C12H18ClNO5. The smallest absolute Gasteiger partial charge is 0.407 e. The minimum absolute atomic E-state index is 0.112. The molecule has 1 heterocycles. The number of nitrogens with one attached hydrogen (secondary N) is 1. The number of aliphatic hydroxyl groups excluding tert-OH is 2. The summed E-state index contributed by atoms with van der Waals surface area (Å²) in [5.74, 6) is 0.128. The minimum Gasteiger partial charge on any atom is -0.447 e. The summed E-state index contributed by atoms with van der Waals surface area (Å²) in [7, 11) is 0. The molecule has 6 nitrogen and oxygen atoms in total. The third-order valence-corrected chi connectivity index (χ3v) is 2.31. The largest absolute Gasteiger partial charge is 0.447 e. The third kappa shape index (κ3) is 5.50. The first-order chi connectivity index (χ1) is 8.69. The SMILES string of the molecule is CC(C)(C)OC(=O)NCC(O)C(O)c1ccc(Cl)o1. The fourth-order valence-corrected chi connectivity index (χ4v) is 1.44. The molecule has 0 aliphatic carbocycles. The number of alkyl carbamates (subject to hydrolysis) is 1. The van der Waals surface area contributed by atoms with E-state index in [9.17, 15) is 15.0 Å². The van der Waals surface area contributed by atoms with Crippen LogP contribution in [0.4, 0.5) is 4.79 Å². The van der Waals surface area contributed by atoms with Crippen molar-refractivity contribution in [2.45, 2.75) is 38.6 Å². The van der Waals surface area contributed by atoms with Gasteiger partial charge in [0, 0.05) is 6.54 Å². The average molecular weight is 292 g/mol. The molecule has 1 aromatic rings.